The fourth-order valence-electron chi connectivity index (χ4n) is 1.15. The smallest absolute Gasteiger partial charge is 0.316 e. The molecule has 0 aromatic heterocycles. The van der Waals surface area contributed by atoms with Gasteiger partial charge >= 0.3 is 5.37 Å². The molecule has 1 aromatic rings. The van der Waals surface area contributed by atoms with Gasteiger partial charge in [0, 0.05) is 13.6 Å². The molecule has 0 aliphatic carbocycles. The maximum atomic E-state index is 10.8. The molecule has 1 rings (SSSR count). The molecule has 0 saturated carbocycles. The maximum Gasteiger partial charge on any atom is 0.316 e. The van der Waals surface area contributed by atoms with Gasteiger partial charge in [-0.1, -0.05) is 30.9 Å². The van der Waals surface area contributed by atoms with E-state index in [1.165, 1.54) is 4.90 Å². The largest absolute Gasteiger partial charge is 0.328 e. The average molecular weight is 210 g/mol. The second-order valence-corrected chi connectivity index (χ2v) is 3.38. The van der Waals surface area contributed by atoms with Gasteiger partial charge < -0.3 is 4.90 Å². The molecular weight excluding hydrogens is 198 g/mol. The van der Waals surface area contributed by atoms with Crippen LogP contribution in [0.4, 0.5) is 4.79 Å². The zero-order chi connectivity index (χ0) is 10.6. The topological polar surface area (TPSA) is 20.3 Å². The van der Waals surface area contributed by atoms with Crippen LogP contribution >= 0.6 is 11.6 Å². The Balaban J connectivity index is 2.76. The molecule has 0 unspecified atom stereocenters. The Morgan fingerprint density at radius 3 is 2.93 bits per heavy atom. The highest BCUT2D eigenvalue weighted by Gasteiger charge is 2.04. The Hall–Kier alpha value is -1.28. The number of halogens is 1. The normalized spacial score (nSPS) is 9.57. The number of amides is 1. The lowest BCUT2D eigenvalue weighted by atomic mass is 10.1. The zero-order valence-corrected chi connectivity index (χ0v) is 8.79. The predicted octanol–water partition coefficient (Wildman–Crippen LogP) is 3.12. The van der Waals surface area contributed by atoms with Gasteiger partial charge in [-0.25, -0.2) is 0 Å². The number of carbonyl (C=O) groups excluding carboxylic acids is 1. The van der Waals surface area contributed by atoms with Gasteiger partial charge in [0.2, 0.25) is 0 Å². The van der Waals surface area contributed by atoms with Gasteiger partial charge in [0.05, 0.1) is 0 Å². The highest BCUT2D eigenvalue weighted by Crippen LogP contribution is 2.09. The summed E-state index contributed by atoms with van der Waals surface area (Å²) in [5.74, 6) is 0. The first-order chi connectivity index (χ1) is 6.63. The molecule has 0 bridgehead atoms. The highest BCUT2D eigenvalue weighted by atomic mass is 35.5. The number of carbonyl (C=O) groups is 1. The van der Waals surface area contributed by atoms with Gasteiger partial charge in [0.15, 0.2) is 0 Å². The van der Waals surface area contributed by atoms with Crippen molar-refractivity contribution in [2.24, 2.45) is 0 Å². The summed E-state index contributed by atoms with van der Waals surface area (Å²) in [5.41, 5.74) is 2.08. The molecule has 2 nitrogen and oxygen atoms in total. The second-order valence-electron chi connectivity index (χ2n) is 3.06. The summed E-state index contributed by atoms with van der Waals surface area (Å²) >= 11 is 5.32. The van der Waals surface area contributed by atoms with Gasteiger partial charge in [-0.05, 0) is 28.8 Å². The molecule has 3 heteroatoms. The summed E-state index contributed by atoms with van der Waals surface area (Å²) in [5, 5.41) is -0.450. The van der Waals surface area contributed by atoms with E-state index in [2.05, 4.69) is 6.58 Å². The molecule has 0 heterocycles. The van der Waals surface area contributed by atoms with Crippen LogP contribution in [0.2, 0.25) is 0 Å². The maximum absolute atomic E-state index is 10.8. The Morgan fingerprint density at radius 2 is 2.36 bits per heavy atom. The van der Waals surface area contributed by atoms with E-state index in [0.29, 0.717) is 6.54 Å². The van der Waals surface area contributed by atoms with Crippen molar-refractivity contribution < 1.29 is 4.79 Å². The van der Waals surface area contributed by atoms with Crippen LogP contribution in [0.15, 0.2) is 30.8 Å². The number of nitrogens with zero attached hydrogens (tertiary/aromatic N) is 1. The molecule has 0 aliphatic heterocycles. The number of hydrogen-bond acceptors (Lipinski definition) is 1. The van der Waals surface area contributed by atoms with Gasteiger partial charge in [-0.3, -0.25) is 4.79 Å². The van der Waals surface area contributed by atoms with E-state index in [9.17, 15) is 4.79 Å². The lowest BCUT2D eigenvalue weighted by Crippen LogP contribution is -2.19. The van der Waals surface area contributed by atoms with Crippen LogP contribution in [-0.2, 0) is 6.54 Å². The molecule has 1 aromatic carbocycles. The summed E-state index contributed by atoms with van der Waals surface area (Å²) in [6.45, 7) is 4.20. The van der Waals surface area contributed by atoms with E-state index < -0.39 is 5.37 Å². The van der Waals surface area contributed by atoms with Crippen molar-refractivity contribution in [1.29, 1.82) is 0 Å². The Bertz CT molecular complexity index is 349. The molecule has 0 aliphatic rings. The van der Waals surface area contributed by atoms with Crippen molar-refractivity contribution in [2.75, 3.05) is 7.05 Å². The molecule has 0 N–H and O–H groups in total. The monoisotopic (exact) mass is 209 g/mol. The minimum absolute atomic E-state index is 0.450. The highest BCUT2D eigenvalue weighted by molar-refractivity contribution is 6.62. The third-order valence-electron chi connectivity index (χ3n) is 1.91. The molecule has 0 fully saturated rings. The van der Waals surface area contributed by atoms with Crippen LogP contribution in [-0.4, -0.2) is 17.3 Å². The van der Waals surface area contributed by atoms with Crippen molar-refractivity contribution in [1.82, 2.24) is 4.90 Å². The predicted molar refractivity (Wildman–Crippen MR) is 59.2 cm³/mol. The first-order valence-corrected chi connectivity index (χ1v) is 4.63. The molecule has 0 radical (unpaired) electrons. The second kappa shape index (κ2) is 4.82. The lowest BCUT2D eigenvalue weighted by molar-refractivity contribution is 0.230. The summed E-state index contributed by atoms with van der Waals surface area (Å²) in [7, 11) is 1.66. The first-order valence-electron chi connectivity index (χ1n) is 4.25. The van der Waals surface area contributed by atoms with Gasteiger partial charge in [0.25, 0.3) is 0 Å². The fourth-order valence-corrected chi connectivity index (χ4v) is 1.21. The molecule has 0 saturated heterocycles. The molecule has 1 amide bonds. The van der Waals surface area contributed by atoms with Gasteiger partial charge in [-0.2, -0.15) is 0 Å². The van der Waals surface area contributed by atoms with Crippen molar-refractivity contribution >= 4 is 23.0 Å². The van der Waals surface area contributed by atoms with Crippen LogP contribution in [0, 0.1) is 0 Å². The van der Waals surface area contributed by atoms with Crippen molar-refractivity contribution in [3.8, 4) is 0 Å². The minimum atomic E-state index is -0.450. The van der Waals surface area contributed by atoms with Crippen LogP contribution in [0.25, 0.3) is 6.08 Å². The molecule has 0 atom stereocenters. The zero-order valence-electron chi connectivity index (χ0n) is 8.03. The number of rotatable bonds is 3. The van der Waals surface area contributed by atoms with Gasteiger partial charge in [-0.15, -0.1) is 0 Å². The standard InChI is InChI=1S/C11H12ClNO/c1-3-9-5-4-6-10(7-9)8-13(2)11(12)14/h3-7H,1,8H2,2H3. The third-order valence-corrected chi connectivity index (χ3v) is 2.20. The van der Waals surface area contributed by atoms with Crippen LogP contribution in [0.1, 0.15) is 11.1 Å². The summed E-state index contributed by atoms with van der Waals surface area (Å²) in [4.78, 5) is 12.2. The Morgan fingerprint density at radius 1 is 1.64 bits per heavy atom. The van der Waals surface area contributed by atoms with Crippen LogP contribution < -0.4 is 0 Å². The van der Waals surface area contributed by atoms with Crippen LogP contribution in [0.5, 0.6) is 0 Å². The molecule has 74 valence electrons. The van der Waals surface area contributed by atoms with Crippen molar-refractivity contribution in [2.45, 2.75) is 6.54 Å². The molecule has 0 spiro atoms. The summed E-state index contributed by atoms with van der Waals surface area (Å²) < 4.78 is 0. The van der Waals surface area contributed by atoms with E-state index in [1.54, 1.807) is 13.1 Å². The van der Waals surface area contributed by atoms with Gasteiger partial charge in [0.1, 0.15) is 0 Å². The number of hydrogen-bond donors (Lipinski definition) is 0. The molecular formula is C11H12ClNO. The average Bonchev–Trinajstić information content (AvgIpc) is 2.18. The Labute approximate surface area is 88.8 Å². The summed E-state index contributed by atoms with van der Waals surface area (Å²) in [6.07, 6.45) is 1.77. The SMILES string of the molecule is C=Cc1cccc(CN(C)C(=O)Cl)c1. The van der Waals surface area contributed by atoms with E-state index >= 15 is 0 Å². The number of benzene rings is 1. The molecule has 14 heavy (non-hydrogen) atoms. The third kappa shape index (κ3) is 2.89. The lowest BCUT2D eigenvalue weighted by Gasteiger charge is -2.13. The quantitative estimate of drug-likeness (QED) is 0.553. The first kappa shape index (κ1) is 10.8. The van der Waals surface area contributed by atoms with Crippen molar-refractivity contribution in [3.05, 3.63) is 42.0 Å². The fraction of sp³-hybridized carbons (Fsp3) is 0.182. The van der Waals surface area contributed by atoms with Crippen LogP contribution in [0.3, 0.4) is 0 Å². The summed E-state index contributed by atoms with van der Waals surface area (Å²) in [6, 6.07) is 7.81. The Kier molecular flexibility index (Phi) is 3.72. The van der Waals surface area contributed by atoms with E-state index in [0.717, 1.165) is 11.1 Å². The van der Waals surface area contributed by atoms with E-state index in [4.69, 9.17) is 11.6 Å². The van der Waals surface area contributed by atoms with Crippen molar-refractivity contribution in [3.63, 3.8) is 0 Å². The minimum Gasteiger partial charge on any atom is -0.328 e. The van der Waals surface area contributed by atoms with E-state index in [-0.39, 0.29) is 0 Å². The van der Waals surface area contributed by atoms with E-state index in [1.807, 2.05) is 24.3 Å².